The Kier molecular flexibility index (Phi) is 6.15. The fraction of sp³-hybridized carbons (Fsp3) is 0.667. The van der Waals surface area contributed by atoms with E-state index in [2.05, 4.69) is 9.97 Å². The highest BCUT2D eigenvalue weighted by molar-refractivity contribution is 5.85. The SMILES string of the molecule is NC(=O)[C@@H](N)CC1CC1.O=C(O)c1cnc(N2CC(F)(F)C2)c(OCC2CC2)n1. The Hall–Kier alpha value is -2.56. The summed E-state index contributed by atoms with van der Waals surface area (Å²) in [6.07, 6.45) is 6.40. The first-order valence-corrected chi connectivity index (χ1v) is 9.55. The Morgan fingerprint density at radius 1 is 1.28 bits per heavy atom. The van der Waals surface area contributed by atoms with Crippen molar-refractivity contribution in [1.82, 2.24) is 9.97 Å². The van der Waals surface area contributed by atoms with Crippen LogP contribution in [0, 0.1) is 11.8 Å². The van der Waals surface area contributed by atoms with Crippen LogP contribution in [0.2, 0.25) is 0 Å². The molecule has 0 bridgehead atoms. The molecule has 1 aromatic heterocycles. The van der Waals surface area contributed by atoms with E-state index in [4.69, 9.17) is 21.3 Å². The van der Waals surface area contributed by atoms with Crippen molar-refractivity contribution in [2.75, 3.05) is 24.6 Å². The van der Waals surface area contributed by atoms with Crippen LogP contribution in [0.5, 0.6) is 5.88 Å². The summed E-state index contributed by atoms with van der Waals surface area (Å²) in [7, 11) is 0. The highest BCUT2D eigenvalue weighted by atomic mass is 19.3. The van der Waals surface area contributed by atoms with E-state index in [0.29, 0.717) is 18.4 Å². The molecule has 1 atom stereocenters. The van der Waals surface area contributed by atoms with Gasteiger partial charge in [-0.1, -0.05) is 12.8 Å². The third-order valence-corrected chi connectivity index (χ3v) is 4.89. The zero-order valence-corrected chi connectivity index (χ0v) is 15.9. The third-order valence-electron chi connectivity index (χ3n) is 4.89. The molecule has 2 aliphatic carbocycles. The van der Waals surface area contributed by atoms with E-state index in [1.165, 1.54) is 17.7 Å². The van der Waals surface area contributed by atoms with E-state index < -0.39 is 31.0 Å². The van der Waals surface area contributed by atoms with Gasteiger partial charge in [-0.05, 0) is 31.1 Å². The number of rotatable bonds is 8. The van der Waals surface area contributed by atoms with Crippen molar-refractivity contribution < 1.29 is 28.2 Å². The summed E-state index contributed by atoms with van der Waals surface area (Å²) < 4.78 is 31.3. The topological polar surface area (TPSA) is 145 Å². The number of amides is 1. The number of hydrogen-bond acceptors (Lipinski definition) is 7. The second kappa shape index (κ2) is 8.44. The van der Waals surface area contributed by atoms with Crippen LogP contribution >= 0.6 is 0 Å². The molecule has 11 heteroatoms. The smallest absolute Gasteiger partial charge is 0.356 e. The molecular formula is C18H25F2N5O4. The van der Waals surface area contributed by atoms with E-state index in [0.717, 1.165) is 25.5 Å². The largest absolute Gasteiger partial charge is 0.476 e. The zero-order valence-electron chi connectivity index (χ0n) is 15.9. The summed E-state index contributed by atoms with van der Waals surface area (Å²) in [6.45, 7) is -0.489. The van der Waals surface area contributed by atoms with Crippen molar-refractivity contribution in [3.63, 3.8) is 0 Å². The number of carbonyl (C=O) groups is 2. The highest BCUT2D eigenvalue weighted by Crippen LogP contribution is 2.36. The monoisotopic (exact) mass is 413 g/mol. The van der Waals surface area contributed by atoms with Crippen molar-refractivity contribution in [3.8, 4) is 5.88 Å². The number of primary amides is 1. The Morgan fingerprint density at radius 2 is 1.90 bits per heavy atom. The molecule has 1 aromatic rings. The van der Waals surface area contributed by atoms with E-state index in [9.17, 15) is 18.4 Å². The van der Waals surface area contributed by atoms with E-state index in [-0.39, 0.29) is 23.3 Å². The van der Waals surface area contributed by atoms with Gasteiger partial charge in [0.05, 0.1) is 31.9 Å². The molecule has 3 aliphatic rings. The molecule has 1 aliphatic heterocycles. The van der Waals surface area contributed by atoms with Crippen molar-refractivity contribution in [3.05, 3.63) is 11.9 Å². The van der Waals surface area contributed by atoms with Gasteiger partial charge in [0.2, 0.25) is 5.91 Å². The summed E-state index contributed by atoms with van der Waals surface area (Å²) in [4.78, 5) is 30.3. The summed E-state index contributed by atoms with van der Waals surface area (Å²) in [5, 5.41) is 8.89. The van der Waals surface area contributed by atoms with Crippen molar-refractivity contribution in [2.45, 2.75) is 44.1 Å². The Labute approximate surface area is 166 Å². The number of nitrogens with two attached hydrogens (primary N) is 2. The number of halogens is 2. The van der Waals surface area contributed by atoms with Gasteiger partial charge in [0, 0.05) is 0 Å². The molecule has 160 valence electrons. The zero-order chi connectivity index (χ0) is 21.2. The maximum Gasteiger partial charge on any atom is 0.356 e. The van der Waals surface area contributed by atoms with Gasteiger partial charge < -0.3 is 26.2 Å². The maximum atomic E-state index is 12.9. The van der Waals surface area contributed by atoms with Crippen LogP contribution < -0.4 is 21.1 Å². The summed E-state index contributed by atoms with van der Waals surface area (Å²) >= 11 is 0. The average Bonchev–Trinajstić information content (AvgIpc) is 3.53. The first kappa shape index (κ1) is 21.2. The lowest BCUT2D eigenvalue weighted by atomic mass is 10.1. The highest BCUT2D eigenvalue weighted by Gasteiger charge is 2.46. The van der Waals surface area contributed by atoms with Gasteiger partial charge in [-0.15, -0.1) is 0 Å². The number of nitrogens with zero attached hydrogens (tertiary/aromatic N) is 3. The molecule has 2 heterocycles. The fourth-order valence-corrected chi connectivity index (χ4v) is 2.75. The number of carboxylic acid groups (broad SMARTS) is 1. The van der Waals surface area contributed by atoms with E-state index >= 15 is 0 Å². The minimum absolute atomic E-state index is 0.0206. The molecule has 1 saturated heterocycles. The maximum absolute atomic E-state index is 12.9. The second-order valence-electron chi connectivity index (χ2n) is 7.84. The molecule has 1 amide bonds. The number of hydrogen-bond donors (Lipinski definition) is 3. The predicted molar refractivity (Wildman–Crippen MR) is 98.9 cm³/mol. The normalized spacial score (nSPS) is 20.7. The van der Waals surface area contributed by atoms with Gasteiger partial charge in [-0.2, -0.15) is 0 Å². The van der Waals surface area contributed by atoms with Gasteiger partial charge >= 0.3 is 5.97 Å². The molecule has 2 saturated carbocycles. The second-order valence-corrected chi connectivity index (χ2v) is 7.84. The lowest BCUT2D eigenvalue weighted by Gasteiger charge is -2.39. The number of carboxylic acids is 1. The Bertz CT molecular complexity index is 763. The molecule has 4 rings (SSSR count). The molecule has 29 heavy (non-hydrogen) atoms. The lowest BCUT2D eigenvalue weighted by molar-refractivity contribution is -0.119. The molecule has 0 spiro atoms. The van der Waals surface area contributed by atoms with Gasteiger partial charge in [0.15, 0.2) is 11.5 Å². The van der Waals surface area contributed by atoms with Crippen LogP contribution in [-0.2, 0) is 4.79 Å². The number of aromatic carboxylic acids is 1. The summed E-state index contributed by atoms with van der Waals surface area (Å²) in [5.74, 6) is -3.01. The van der Waals surface area contributed by atoms with E-state index in [1.54, 1.807) is 0 Å². The standard InChI is InChI=1S/C12H13F2N3O3.C6H12N2O/c13-12(14)5-17(6-12)9-10(20-4-7-1-2-7)16-8(3-15-9)11(18)19;7-5(6(8)9)3-4-1-2-4/h3,7H,1-2,4-6H2,(H,18,19);4-5H,1-3,7H2,(H2,8,9)/t;5-/m.0/s1. The number of aromatic nitrogens is 2. The minimum Gasteiger partial charge on any atom is -0.476 e. The summed E-state index contributed by atoms with van der Waals surface area (Å²) in [5.41, 5.74) is 10.1. The van der Waals surface area contributed by atoms with Gasteiger partial charge in [-0.25, -0.2) is 23.5 Å². The molecule has 0 unspecified atom stereocenters. The number of ether oxygens (including phenoxy) is 1. The number of alkyl halides is 2. The molecular weight excluding hydrogens is 388 g/mol. The van der Waals surface area contributed by atoms with Crippen LogP contribution in [0.15, 0.2) is 6.20 Å². The van der Waals surface area contributed by atoms with Gasteiger partial charge in [0.1, 0.15) is 0 Å². The number of carbonyl (C=O) groups excluding carboxylic acids is 1. The Morgan fingerprint density at radius 3 is 2.38 bits per heavy atom. The first-order chi connectivity index (χ1) is 13.6. The molecule has 0 aromatic carbocycles. The van der Waals surface area contributed by atoms with Crippen LogP contribution in [0.25, 0.3) is 0 Å². The van der Waals surface area contributed by atoms with Gasteiger partial charge in [-0.3, -0.25) is 4.79 Å². The van der Waals surface area contributed by atoms with Crippen molar-refractivity contribution in [1.29, 1.82) is 0 Å². The van der Waals surface area contributed by atoms with Crippen molar-refractivity contribution >= 4 is 17.7 Å². The Balaban J connectivity index is 0.000000224. The first-order valence-electron chi connectivity index (χ1n) is 9.55. The van der Waals surface area contributed by atoms with E-state index in [1.807, 2.05) is 0 Å². The van der Waals surface area contributed by atoms with Crippen LogP contribution in [0.1, 0.15) is 42.6 Å². The minimum atomic E-state index is -2.74. The third kappa shape index (κ3) is 6.21. The molecule has 9 nitrogen and oxygen atoms in total. The van der Waals surface area contributed by atoms with Crippen LogP contribution in [0.4, 0.5) is 14.6 Å². The summed E-state index contributed by atoms with van der Waals surface area (Å²) in [6, 6.07) is -0.405. The van der Waals surface area contributed by atoms with Crippen LogP contribution in [-0.4, -0.2) is 58.6 Å². The molecule has 0 radical (unpaired) electrons. The molecule has 3 fully saturated rings. The quantitative estimate of drug-likeness (QED) is 0.573. The number of anilines is 1. The fourth-order valence-electron chi connectivity index (χ4n) is 2.75. The van der Waals surface area contributed by atoms with Crippen LogP contribution in [0.3, 0.4) is 0 Å². The molecule has 5 N–H and O–H groups in total. The lowest BCUT2D eigenvalue weighted by Crippen LogP contribution is -2.56. The van der Waals surface area contributed by atoms with Gasteiger partial charge in [0.25, 0.3) is 11.8 Å². The predicted octanol–water partition coefficient (Wildman–Crippen LogP) is 1.02. The average molecular weight is 413 g/mol. The van der Waals surface area contributed by atoms with Crippen molar-refractivity contribution in [2.24, 2.45) is 23.3 Å².